The molecule has 0 spiro atoms. The van der Waals surface area contributed by atoms with Crippen LogP contribution in [0.2, 0.25) is 0 Å². The highest BCUT2D eigenvalue weighted by Gasteiger charge is 2.05. The molecule has 6 heteroatoms. The van der Waals surface area contributed by atoms with Crippen molar-refractivity contribution < 1.29 is 9.47 Å². The summed E-state index contributed by atoms with van der Waals surface area (Å²) in [6.45, 7) is 4.99. The third-order valence-corrected chi connectivity index (χ3v) is 6.68. The second-order valence-electron chi connectivity index (χ2n) is 7.08. The largest absolute Gasteiger partial charge is 0.488 e. The van der Waals surface area contributed by atoms with E-state index in [-0.39, 0.29) is 0 Å². The minimum Gasteiger partial charge on any atom is -0.488 e. The van der Waals surface area contributed by atoms with Gasteiger partial charge in [-0.1, -0.05) is 24.3 Å². The molecule has 32 heavy (non-hydrogen) atoms. The number of rotatable bonds is 9. The average molecular weight is 461 g/mol. The molecule has 0 N–H and O–H groups in total. The Kier molecular flexibility index (Phi) is 7.48. The molecule has 0 saturated carbocycles. The van der Waals surface area contributed by atoms with Crippen LogP contribution in [0.15, 0.2) is 81.4 Å². The van der Waals surface area contributed by atoms with E-state index in [1.165, 1.54) is 11.1 Å². The smallest absolute Gasteiger partial charge is 0.145 e. The van der Waals surface area contributed by atoms with Crippen LogP contribution in [0.3, 0.4) is 0 Å². The second-order valence-corrected chi connectivity index (χ2v) is 8.98. The SMILES string of the molecule is Cc1ccsc1C=Nc1ccccc1OCCOc1ccccc1N=Cc1sccc1C. The fourth-order valence-corrected chi connectivity index (χ4v) is 4.54. The minimum atomic E-state index is 0.409. The molecule has 0 unspecified atom stereocenters. The van der Waals surface area contributed by atoms with Crippen molar-refractivity contribution >= 4 is 46.5 Å². The third kappa shape index (κ3) is 5.72. The topological polar surface area (TPSA) is 43.2 Å². The predicted octanol–water partition coefficient (Wildman–Crippen LogP) is 7.39. The molecule has 4 aromatic rings. The summed E-state index contributed by atoms with van der Waals surface area (Å²) in [6, 6.07) is 19.8. The van der Waals surface area contributed by atoms with E-state index >= 15 is 0 Å². The third-order valence-electron chi connectivity index (χ3n) is 4.77. The maximum absolute atomic E-state index is 5.96. The number of thiophene rings is 2. The summed E-state index contributed by atoms with van der Waals surface area (Å²) in [5.74, 6) is 1.47. The number of aryl methyl sites for hydroxylation is 2. The monoisotopic (exact) mass is 460 g/mol. The molecule has 0 bridgehead atoms. The van der Waals surface area contributed by atoms with Gasteiger partial charge < -0.3 is 9.47 Å². The highest BCUT2D eigenvalue weighted by atomic mass is 32.1. The Morgan fingerprint density at radius 3 is 1.50 bits per heavy atom. The number of para-hydroxylation sites is 4. The average Bonchev–Trinajstić information content (AvgIpc) is 3.42. The molecule has 0 radical (unpaired) electrons. The standard InChI is InChI=1S/C26H24N2O2S2/c1-19-11-15-31-25(19)17-27-21-7-3-5-9-23(21)29-13-14-30-24-10-6-4-8-22(24)28-18-26-20(2)12-16-32-26/h3-12,15-18H,13-14H2,1-2H3. The number of nitrogens with zero attached hydrogens (tertiary/aromatic N) is 2. The minimum absolute atomic E-state index is 0.409. The molecular formula is C26H24N2O2S2. The van der Waals surface area contributed by atoms with E-state index in [0.29, 0.717) is 13.2 Å². The van der Waals surface area contributed by atoms with Crippen LogP contribution in [-0.4, -0.2) is 25.6 Å². The molecule has 0 amide bonds. The lowest BCUT2D eigenvalue weighted by Crippen LogP contribution is -2.09. The van der Waals surface area contributed by atoms with Gasteiger partial charge in [-0.05, 0) is 72.1 Å². The molecule has 2 aromatic heterocycles. The van der Waals surface area contributed by atoms with Gasteiger partial charge in [-0.3, -0.25) is 9.98 Å². The van der Waals surface area contributed by atoms with Gasteiger partial charge >= 0.3 is 0 Å². The van der Waals surface area contributed by atoms with Gasteiger partial charge in [0.05, 0.1) is 0 Å². The van der Waals surface area contributed by atoms with Gasteiger partial charge in [-0.25, -0.2) is 0 Å². The first kappa shape index (κ1) is 22.0. The highest BCUT2D eigenvalue weighted by Crippen LogP contribution is 2.29. The van der Waals surface area contributed by atoms with Crippen LogP contribution in [0.25, 0.3) is 0 Å². The van der Waals surface area contributed by atoms with Gasteiger partial charge in [0.1, 0.15) is 36.1 Å². The van der Waals surface area contributed by atoms with Gasteiger partial charge in [0.2, 0.25) is 0 Å². The fraction of sp³-hybridized carbons (Fsp3) is 0.154. The van der Waals surface area contributed by atoms with Crippen molar-refractivity contribution in [1.29, 1.82) is 0 Å². The Labute approximate surface area is 196 Å². The Morgan fingerprint density at radius 1 is 0.656 bits per heavy atom. The molecular weight excluding hydrogens is 436 g/mol. The predicted molar refractivity (Wildman–Crippen MR) is 136 cm³/mol. The zero-order valence-electron chi connectivity index (χ0n) is 18.0. The Bertz CT molecular complexity index is 1130. The molecule has 4 nitrogen and oxygen atoms in total. The summed E-state index contributed by atoms with van der Waals surface area (Å²) in [7, 11) is 0. The number of hydrogen-bond donors (Lipinski definition) is 0. The molecule has 0 atom stereocenters. The van der Waals surface area contributed by atoms with Crippen LogP contribution in [-0.2, 0) is 0 Å². The van der Waals surface area contributed by atoms with E-state index in [9.17, 15) is 0 Å². The summed E-state index contributed by atoms with van der Waals surface area (Å²) in [5, 5.41) is 4.14. The van der Waals surface area contributed by atoms with E-state index in [1.54, 1.807) is 22.7 Å². The first-order valence-electron chi connectivity index (χ1n) is 10.3. The quantitative estimate of drug-likeness (QED) is 0.193. The summed E-state index contributed by atoms with van der Waals surface area (Å²) < 4.78 is 11.9. The van der Waals surface area contributed by atoms with Gasteiger partial charge in [-0.2, -0.15) is 0 Å². The van der Waals surface area contributed by atoms with Crippen LogP contribution in [0, 0.1) is 13.8 Å². The number of ether oxygens (including phenoxy) is 2. The van der Waals surface area contributed by atoms with E-state index in [4.69, 9.17) is 9.47 Å². The highest BCUT2D eigenvalue weighted by molar-refractivity contribution is 7.12. The fourth-order valence-electron chi connectivity index (χ4n) is 2.96. The number of aliphatic imine (C=N–C) groups is 2. The van der Waals surface area contributed by atoms with Gasteiger partial charge in [-0.15, -0.1) is 22.7 Å². The number of benzene rings is 2. The number of hydrogen-bond acceptors (Lipinski definition) is 6. The van der Waals surface area contributed by atoms with Crippen LogP contribution in [0.4, 0.5) is 11.4 Å². The molecule has 0 fully saturated rings. The lowest BCUT2D eigenvalue weighted by Gasteiger charge is -2.11. The van der Waals surface area contributed by atoms with E-state index in [1.807, 2.05) is 61.0 Å². The molecule has 0 aliphatic rings. The first-order valence-corrected chi connectivity index (χ1v) is 12.1. The molecule has 0 aliphatic heterocycles. The van der Waals surface area contributed by atoms with Crippen LogP contribution in [0.5, 0.6) is 11.5 Å². The molecule has 2 aromatic carbocycles. The molecule has 0 saturated heterocycles. The lowest BCUT2D eigenvalue weighted by atomic mass is 10.3. The molecule has 4 rings (SSSR count). The van der Waals surface area contributed by atoms with Gasteiger partial charge in [0.15, 0.2) is 0 Å². The summed E-state index contributed by atoms with van der Waals surface area (Å²) in [6.07, 6.45) is 3.78. The van der Waals surface area contributed by atoms with E-state index in [0.717, 1.165) is 32.6 Å². The zero-order valence-corrected chi connectivity index (χ0v) is 19.7. The summed E-state index contributed by atoms with van der Waals surface area (Å²) >= 11 is 3.36. The van der Waals surface area contributed by atoms with Gasteiger partial charge in [0, 0.05) is 22.2 Å². The Balaban J connectivity index is 1.36. The van der Waals surface area contributed by atoms with Crippen molar-refractivity contribution in [2.75, 3.05) is 13.2 Å². The Morgan fingerprint density at radius 2 is 1.09 bits per heavy atom. The van der Waals surface area contributed by atoms with Gasteiger partial charge in [0.25, 0.3) is 0 Å². The molecule has 162 valence electrons. The second kappa shape index (κ2) is 10.9. The summed E-state index contributed by atoms with van der Waals surface area (Å²) in [4.78, 5) is 11.5. The normalized spacial score (nSPS) is 11.4. The van der Waals surface area contributed by atoms with Crippen molar-refractivity contribution in [3.63, 3.8) is 0 Å². The maximum atomic E-state index is 5.96. The molecule has 0 aliphatic carbocycles. The van der Waals surface area contributed by atoms with Crippen molar-refractivity contribution in [1.82, 2.24) is 0 Å². The summed E-state index contributed by atoms with van der Waals surface area (Å²) in [5.41, 5.74) is 4.05. The zero-order chi connectivity index (χ0) is 22.2. The van der Waals surface area contributed by atoms with E-state index < -0.39 is 0 Å². The van der Waals surface area contributed by atoms with Crippen LogP contribution < -0.4 is 9.47 Å². The maximum Gasteiger partial charge on any atom is 0.145 e. The van der Waals surface area contributed by atoms with Crippen molar-refractivity contribution in [2.45, 2.75) is 13.8 Å². The van der Waals surface area contributed by atoms with Crippen LogP contribution >= 0.6 is 22.7 Å². The molecule has 2 heterocycles. The van der Waals surface area contributed by atoms with Crippen LogP contribution in [0.1, 0.15) is 20.9 Å². The Hall–Kier alpha value is -3.22. The van der Waals surface area contributed by atoms with Crippen molar-refractivity contribution in [3.05, 3.63) is 92.3 Å². The van der Waals surface area contributed by atoms with Crippen molar-refractivity contribution in [3.8, 4) is 11.5 Å². The van der Waals surface area contributed by atoms with E-state index in [2.05, 4.69) is 46.7 Å². The lowest BCUT2D eigenvalue weighted by molar-refractivity contribution is 0.218. The first-order chi connectivity index (χ1) is 15.7. The van der Waals surface area contributed by atoms with Crippen molar-refractivity contribution in [2.24, 2.45) is 9.98 Å².